The molecule has 0 radical (unpaired) electrons. The van der Waals surface area contributed by atoms with Crippen molar-refractivity contribution in [1.29, 1.82) is 0 Å². The Morgan fingerprint density at radius 1 is 1.71 bits per heavy atom. The Labute approximate surface area is 52.4 Å². The van der Waals surface area contributed by atoms with Gasteiger partial charge in [-0.2, -0.15) is 0 Å². The Morgan fingerprint density at radius 2 is 2.57 bits per heavy atom. The average molecular weight is 133 g/mol. The third-order valence-corrected chi connectivity index (χ3v) is 2.12. The van der Waals surface area contributed by atoms with E-state index in [0.29, 0.717) is 0 Å². The molecule has 3 heteroatoms. The lowest BCUT2D eigenvalue weighted by Gasteiger charge is -1.84. The average Bonchev–Trinajstić information content (AvgIpc) is 2.14. The van der Waals surface area contributed by atoms with E-state index in [0.717, 1.165) is 13.0 Å². The fourth-order valence-electron chi connectivity index (χ4n) is 0.588. The van der Waals surface area contributed by atoms with E-state index in [-0.39, 0.29) is 0 Å². The van der Waals surface area contributed by atoms with Crippen molar-refractivity contribution < 1.29 is 0 Å². The lowest BCUT2D eigenvalue weighted by atomic mass is 10.4. The second kappa shape index (κ2) is 2.62. The van der Waals surface area contributed by atoms with E-state index in [2.05, 4.69) is 16.7 Å². The summed E-state index contributed by atoms with van der Waals surface area (Å²) in [5, 5.41) is 1.20. The van der Waals surface area contributed by atoms with Crippen molar-refractivity contribution in [2.45, 2.75) is 12.8 Å². The van der Waals surface area contributed by atoms with Gasteiger partial charge >= 0.3 is 0 Å². The molecule has 0 fully saturated rings. The molecule has 0 aromatic heterocycles. The van der Waals surface area contributed by atoms with E-state index < -0.39 is 0 Å². The number of hydrogen-bond acceptors (Lipinski definition) is 3. The first-order valence-electron chi connectivity index (χ1n) is 2.28. The largest absolute Gasteiger partial charge is 0.282 e. The lowest BCUT2D eigenvalue weighted by molar-refractivity contribution is 0.952. The van der Waals surface area contributed by atoms with Crippen LogP contribution in [0, 0.1) is 0 Å². The Morgan fingerprint density at radius 3 is 2.86 bits per heavy atom. The highest BCUT2D eigenvalue weighted by Crippen LogP contribution is 2.17. The number of aliphatic imine (C=N–C) groups is 1. The molecular formula is C4H7NS2. The maximum absolute atomic E-state index is 4.16. The van der Waals surface area contributed by atoms with Gasteiger partial charge in [-0.15, -0.1) is 11.7 Å². The first-order chi connectivity index (χ1) is 3.43. The van der Waals surface area contributed by atoms with Crippen LogP contribution in [-0.2, 0) is 0 Å². The van der Waals surface area contributed by atoms with Crippen LogP contribution in [0.15, 0.2) is 4.99 Å². The van der Waals surface area contributed by atoms with Crippen LogP contribution >= 0.6 is 22.5 Å². The number of hydrogen-bond donors (Lipinski definition) is 1. The third-order valence-electron chi connectivity index (χ3n) is 0.942. The van der Waals surface area contributed by atoms with Crippen molar-refractivity contribution in [2.24, 2.45) is 4.99 Å². The predicted molar refractivity (Wildman–Crippen MR) is 38.1 cm³/mol. The molecule has 0 amide bonds. The Bertz CT molecular complexity index is 89.7. The summed E-state index contributed by atoms with van der Waals surface area (Å²) in [5.41, 5.74) is 0. The van der Waals surface area contributed by atoms with Crippen molar-refractivity contribution in [3.63, 3.8) is 0 Å². The zero-order valence-corrected chi connectivity index (χ0v) is 5.63. The Balaban J connectivity index is 2.36. The van der Waals surface area contributed by atoms with Gasteiger partial charge < -0.3 is 0 Å². The summed E-state index contributed by atoms with van der Waals surface area (Å²) in [6, 6.07) is 0. The normalized spacial score (nSPS) is 19.9. The van der Waals surface area contributed by atoms with Gasteiger partial charge in [0.15, 0.2) is 0 Å². The van der Waals surface area contributed by atoms with Crippen molar-refractivity contribution in [2.75, 3.05) is 6.54 Å². The summed E-state index contributed by atoms with van der Waals surface area (Å²) < 4.78 is 0. The molecule has 0 unspecified atom stereocenters. The van der Waals surface area contributed by atoms with Gasteiger partial charge in [-0.1, -0.05) is 0 Å². The van der Waals surface area contributed by atoms with E-state index >= 15 is 0 Å². The molecule has 40 valence electrons. The maximum Gasteiger partial charge on any atom is 0.0780 e. The molecule has 0 aromatic carbocycles. The molecule has 0 spiro atoms. The summed E-state index contributed by atoms with van der Waals surface area (Å²) in [7, 11) is 1.48. The topological polar surface area (TPSA) is 12.4 Å². The van der Waals surface area contributed by atoms with Crippen LogP contribution in [0.3, 0.4) is 0 Å². The molecule has 1 heterocycles. The van der Waals surface area contributed by atoms with Gasteiger partial charge in [0.25, 0.3) is 0 Å². The minimum atomic E-state index is 1.02. The summed E-state index contributed by atoms with van der Waals surface area (Å²) >= 11 is 4.00. The fourth-order valence-corrected chi connectivity index (χ4v) is 1.42. The second-order valence-corrected chi connectivity index (χ2v) is 2.67. The number of nitrogens with zero attached hydrogens (tertiary/aromatic N) is 1. The molecule has 0 aliphatic carbocycles. The maximum atomic E-state index is 4.16. The van der Waals surface area contributed by atoms with E-state index in [1.807, 2.05) is 0 Å². The zero-order valence-electron chi connectivity index (χ0n) is 3.92. The van der Waals surface area contributed by atoms with E-state index in [9.17, 15) is 0 Å². The van der Waals surface area contributed by atoms with Crippen LogP contribution in [0.2, 0.25) is 0 Å². The summed E-state index contributed by atoms with van der Waals surface area (Å²) in [5.74, 6) is 0. The minimum absolute atomic E-state index is 1.02. The van der Waals surface area contributed by atoms with Gasteiger partial charge in [-0.05, 0) is 23.6 Å². The van der Waals surface area contributed by atoms with Crippen LogP contribution in [0.4, 0.5) is 0 Å². The smallest absolute Gasteiger partial charge is 0.0780 e. The monoisotopic (exact) mass is 133 g/mol. The van der Waals surface area contributed by atoms with Crippen LogP contribution in [0.25, 0.3) is 0 Å². The Kier molecular flexibility index (Phi) is 2.06. The van der Waals surface area contributed by atoms with Gasteiger partial charge in [-0.25, -0.2) is 0 Å². The first kappa shape index (κ1) is 5.51. The van der Waals surface area contributed by atoms with Crippen LogP contribution < -0.4 is 0 Å². The molecule has 0 bridgehead atoms. The highest BCUT2D eigenvalue weighted by atomic mass is 33.1. The van der Waals surface area contributed by atoms with Crippen molar-refractivity contribution in [1.82, 2.24) is 0 Å². The standard InChI is InChI=1S/C4H7NS2/c6-7-4-2-1-3-5-4/h6H,1-3H2. The molecule has 7 heavy (non-hydrogen) atoms. The summed E-state index contributed by atoms with van der Waals surface area (Å²) in [6.07, 6.45) is 2.37. The molecule has 0 saturated heterocycles. The van der Waals surface area contributed by atoms with Gasteiger partial charge in [0.2, 0.25) is 0 Å². The predicted octanol–water partition coefficient (Wildman–Crippen LogP) is 1.76. The molecule has 1 nitrogen and oxygen atoms in total. The molecule has 1 rings (SSSR count). The van der Waals surface area contributed by atoms with Gasteiger partial charge in [0, 0.05) is 6.54 Å². The molecule has 0 aromatic rings. The van der Waals surface area contributed by atoms with Crippen LogP contribution in [-0.4, -0.2) is 11.6 Å². The van der Waals surface area contributed by atoms with Crippen LogP contribution in [0.5, 0.6) is 0 Å². The summed E-state index contributed by atoms with van der Waals surface area (Å²) in [6.45, 7) is 1.02. The van der Waals surface area contributed by atoms with E-state index in [1.165, 1.54) is 22.3 Å². The van der Waals surface area contributed by atoms with Crippen molar-refractivity contribution >= 4 is 27.5 Å². The molecule has 0 atom stereocenters. The molecule has 1 aliphatic rings. The van der Waals surface area contributed by atoms with E-state index in [4.69, 9.17) is 0 Å². The molecule has 0 saturated carbocycles. The molecule has 1 aliphatic heterocycles. The van der Waals surface area contributed by atoms with Crippen LogP contribution in [0.1, 0.15) is 12.8 Å². The molecule has 0 N–H and O–H groups in total. The zero-order chi connectivity index (χ0) is 5.11. The van der Waals surface area contributed by atoms with E-state index in [1.54, 1.807) is 0 Å². The number of thiol groups is 1. The SMILES string of the molecule is SSC1=NCCC1. The van der Waals surface area contributed by atoms with Crippen molar-refractivity contribution in [3.05, 3.63) is 0 Å². The lowest BCUT2D eigenvalue weighted by Crippen LogP contribution is -1.76. The molecular weight excluding hydrogens is 126 g/mol. The second-order valence-electron chi connectivity index (χ2n) is 1.47. The highest BCUT2D eigenvalue weighted by Gasteiger charge is 2.02. The van der Waals surface area contributed by atoms with Crippen molar-refractivity contribution in [3.8, 4) is 0 Å². The quantitative estimate of drug-likeness (QED) is 0.392. The third kappa shape index (κ3) is 1.39. The van der Waals surface area contributed by atoms with Gasteiger partial charge in [0.1, 0.15) is 0 Å². The Hall–Kier alpha value is 0.370. The first-order valence-corrected chi connectivity index (χ1v) is 4.15. The fraction of sp³-hybridized carbons (Fsp3) is 0.750. The minimum Gasteiger partial charge on any atom is -0.282 e. The highest BCUT2D eigenvalue weighted by molar-refractivity contribution is 8.74. The number of rotatable bonds is 0. The van der Waals surface area contributed by atoms with Gasteiger partial charge in [-0.3, -0.25) is 4.99 Å². The summed E-state index contributed by atoms with van der Waals surface area (Å²) in [4.78, 5) is 4.16. The van der Waals surface area contributed by atoms with Gasteiger partial charge in [0.05, 0.1) is 5.04 Å².